The van der Waals surface area contributed by atoms with Gasteiger partial charge in [-0.1, -0.05) is 0 Å². The van der Waals surface area contributed by atoms with Crippen molar-refractivity contribution < 1.29 is 8.42 Å². The molecule has 0 fully saturated rings. The molecule has 0 aliphatic carbocycles. The predicted molar refractivity (Wildman–Crippen MR) is 76.3 cm³/mol. The zero-order valence-electron chi connectivity index (χ0n) is 11.3. The normalized spacial score (nSPS) is 11.9. The van der Waals surface area contributed by atoms with Gasteiger partial charge in [0.1, 0.15) is 0 Å². The highest BCUT2D eigenvalue weighted by molar-refractivity contribution is 7.90. The predicted octanol–water partition coefficient (Wildman–Crippen LogP) is 0.480. The Morgan fingerprint density at radius 3 is 2.67 bits per heavy atom. The van der Waals surface area contributed by atoms with E-state index in [1.54, 1.807) is 23.6 Å². The third-order valence-electron chi connectivity index (χ3n) is 3.05. The van der Waals surface area contributed by atoms with Gasteiger partial charge in [0, 0.05) is 30.3 Å². The molecule has 9 heteroatoms. The number of nitrogens with two attached hydrogens (primary N) is 1. The van der Waals surface area contributed by atoms with E-state index in [-0.39, 0.29) is 11.0 Å². The molecule has 0 saturated heterocycles. The van der Waals surface area contributed by atoms with Gasteiger partial charge in [0.25, 0.3) is 0 Å². The Bertz CT molecular complexity index is 948. The van der Waals surface area contributed by atoms with Crippen molar-refractivity contribution in [3.05, 3.63) is 30.1 Å². The third-order valence-corrected chi connectivity index (χ3v) is 4.04. The van der Waals surface area contributed by atoms with Crippen LogP contribution in [0, 0.1) is 6.92 Å². The molecule has 0 bridgehead atoms. The molecule has 0 atom stereocenters. The fourth-order valence-electron chi connectivity index (χ4n) is 2.01. The summed E-state index contributed by atoms with van der Waals surface area (Å²) in [5, 5.41) is 8.11. The van der Waals surface area contributed by atoms with Gasteiger partial charge >= 0.3 is 0 Å². The first kappa shape index (κ1) is 13.4. The van der Waals surface area contributed by atoms with Crippen LogP contribution in [-0.4, -0.2) is 39.2 Å². The van der Waals surface area contributed by atoms with Gasteiger partial charge in [0.2, 0.25) is 5.95 Å². The third kappa shape index (κ3) is 2.21. The van der Waals surface area contributed by atoms with Crippen LogP contribution in [0.2, 0.25) is 0 Å². The van der Waals surface area contributed by atoms with Crippen LogP contribution in [0.3, 0.4) is 0 Å². The molecular formula is C12H12N6O2S. The second-order valence-electron chi connectivity index (χ2n) is 4.63. The van der Waals surface area contributed by atoms with E-state index in [0.29, 0.717) is 22.6 Å². The maximum absolute atomic E-state index is 11.5. The van der Waals surface area contributed by atoms with Crippen LogP contribution in [-0.2, 0) is 9.84 Å². The molecule has 3 rings (SSSR count). The molecule has 8 nitrogen and oxygen atoms in total. The van der Waals surface area contributed by atoms with E-state index >= 15 is 0 Å². The summed E-state index contributed by atoms with van der Waals surface area (Å²) in [5.41, 5.74) is 7.76. The molecule has 3 heterocycles. The number of sulfone groups is 1. The van der Waals surface area contributed by atoms with E-state index in [1.165, 1.54) is 12.3 Å². The van der Waals surface area contributed by atoms with Gasteiger partial charge in [-0.3, -0.25) is 0 Å². The smallest absolute Gasteiger partial charge is 0.207 e. The van der Waals surface area contributed by atoms with Gasteiger partial charge in [0.05, 0.1) is 0 Å². The van der Waals surface area contributed by atoms with Crippen molar-refractivity contribution >= 4 is 21.4 Å². The first-order valence-corrected chi connectivity index (χ1v) is 7.90. The molecular weight excluding hydrogens is 292 g/mol. The van der Waals surface area contributed by atoms with Crippen molar-refractivity contribution in [2.45, 2.75) is 11.9 Å². The van der Waals surface area contributed by atoms with Gasteiger partial charge in [-0.15, -0.1) is 10.2 Å². The molecule has 0 amide bonds. The second kappa shape index (κ2) is 4.48. The maximum atomic E-state index is 11.5. The van der Waals surface area contributed by atoms with Crippen LogP contribution in [0.5, 0.6) is 0 Å². The zero-order valence-corrected chi connectivity index (χ0v) is 12.2. The summed E-state index contributed by atoms with van der Waals surface area (Å²) in [6.45, 7) is 1.78. The number of aromatic nitrogens is 5. The lowest BCUT2D eigenvalue weighted by molar-refractivity contribution is 0.598. The molecule has 3 aromatic rings. The number of aryl methyl sites for hydroxylation is 1. The highest BCUT2D eigenvalue weighted by Crippen LogP contribution is 2.24. The summed E-state index contributed by atoms with van der Waals surface area (Å²) in [7, 11) is -3.35. The first-order valence-electron chi connectivity index (χ1n) is 6.00. The van der Waals surface area contributed by atoms with Gasteiger partial charge in [0.15, 0.2) is 26.3 Å². The monoisotopic (exact) mass is 304 g/mol. The summed E-state index contributed by atoms with van der Waals surface area (Å²) in [6.07, 6.45) is 4.11. The number of rotatable bonds is 2. The molecule has 0 aliphatic rings. The number of hydrogen-bond acceptors (Lipinski definition) is 7. The maximum Gasteiger partial charge on any atom is 0.207 e. The molecule has 3 aromatic heterocycles. The topological polar surface area (TPSA) is 116 Å². The quantitative estimate of drug-likeness (QED) is 0.731. The Balaban J connectivity index is 2.25. The SMILES string of the molecule is Cc1cc(S(C)(=O)=O)ncc1-c1nnc2ccnc(N)n12. The molecule has 0 aromatic carbocycles. The summed E-state index contributed by atoms with van der Waals surface area (Å²) in [5.74, 6) is 0.722. The molecule has 0 aliphatic heterocycles. The Kier molecular flexibility index (Phi) is 2.87. The lowest BCUT2D eigenvalue weighted by Gasteiger charge is -2.06. The molecule has 0 spiro atoms. The van der Waals surface area contributed by atoms with Crippen molar-refractivity contribution in [3.63, 3.8) is 0 Å². The Labute approximate surface area is 120 Å². The van der Waals surface area contributed by atoms with Crippen LogP contribution >= 0.6 is 0 Å². The summed E-state index contributed by atoms with van der Waals surface area (Å²) < 4.78 is 24.6. The van der Waals surface area contributed by atoms with Gasteiger partial charge in [-0.25, -0.2) is 22.8 Å². The summed E-state index contributed by atoms with van der Waals surface area (Å²) in [6, 6.07) is 3.18. The molecule has 21 heavy (non-hydrogen) atoms. The minimum Gasteiger partial charge on any atom is -0.369 e. The molecule has 0 saturated carbocycles. The number of anilines is 1. The zero-order chi connectivity index (χ0) is 15.2. The van der Waals surface area contributed by atoms with E-state index in [0.717, 1.165) is 6.26 Å². The van der Waals surface area contributed by atoms with Gasteiger partial charge in [-0.2, -0.15) is 0 Å². The average molecular weight is 304 g/mol. The lowest BCUT2D eigenvalue weighted by Crippen LogP contribution is -2.04. The first-order chi connectivity index (χ1) is 9.88. The highest BCUT2D eigenvalue weighted by atomic mass is 32.2. The van der Waals surface area contributed by atoms with Gasteiger partial charge in [-0.05, 0) is 18.6 Å². The second-order valence-corrected chi connectivity index (χ2v) is 6.59. The Hall–Kier alpha value is -2.55. The van der Waals surface area contributed by atoms with E-state index < -0.39 is 9.84 Å². The fourth-order valence-corrected chi connectivity index (χ4v) is 2.64. The van der Waals surface area contributed by atoms with E-state index in [2.05, 4.69) is 20.2 Å². The minimum absolute atomic E-state index is 0.0173. The molecule has 0 radical (unpaired) electrons. The summed E-state index contributed by atoms with van der Waals surface area (Å²) in [4.78, 5) is 7.97. The number of nitrogens with zero attached hydrogens (tertiary/aromatic N) is 5. The fraction of sp³-hybridized carbons (Fsp3) is 0.167. The molecule has 108 valence electrons. The summed E-state index contributed by atoms with van der Waals surface area (Å²) >= 11 is 0. The van der Waals surface area contributed by atoms with Crippen LogP contribution in [0.4, 0.5) is 5.95 Å². The average Bonchev–Trinajstić information content (AvgIpc) is 2.83. The van der Waals surface area contributed by atoms with Crippen LogP contribution in [0.1, 0.15) is 5.56 Å². The standard InChI is InChI=1S/C12H12N6O2S/c1-7-5-10(21(2,19)20)15-6-8(7)11-17-16-9-3-4-14-12(13)18(9)11/h3-6H,1-2H3,(H2,13,14). The number of pyridine rings is 1. The Morgan fingerprint density at radius 1 is 1.24 bits per heavy atom. The van der Waals surface area contributed by atoms with Crippen molar-refractivity contribution in [2.75, 3.05) is 12.0 Å². The number of fused-ring (bicyclic) bond motifs is 1. The van der Waals surface area contributed by atoms with Crippen LogP contribution in [0.15, 0.2) is 29.6 Å². The van der Waals surface area contributed by atoms with E-state index in [9.17, 15) is 8.42 Å². The van der Waals surface area contributed by atoms with Crippen molar-refractivity contribution in [3.8, 4) is 11.4 Å². The highest BCUT2D eigenvalue weighted by Gasteiger charge is 2.16. The van der Waals surface area contributed by atoms with Crippen molar-refractivity contribution in [1.82, 2.24) is 24.6 Å². The largest absolute Gasteiger partial charge is 0.369 e. The van der Waals surface area contributed by atoms with Gasteiger partial charge < -0.3 is 5.73 Å². The minimum atomic E-state index is -3.35. The van der Waals surface area contributed by atoms with Crippen LogP contribution in [0.25, 0.3) is 17.0 Å². The molecule has 0 unspecified atom stereocenters. The number of hydrogen-bond donors (Lipinski definition) is 1. The Morgan fingerprint density at radius 2 is 2.00 bits per heavy atom. The van der Waals surface area contributed by atoms with Crippen molar-refractivity contribution in [1.29, 1.82) is 0 Å². The van der Waals surface area contributed by atoms with E-state index in [1.807, 2.05) is 0 Å². The van der Waals surface area contributed by atoms with Crippen molar-refractivity contribution in [2.24, 2.45) is 0 Å². The van der Waals surface area contributed by atoms with Crippen LogP contribution < -0.4 is 5.73 Å². The molecule has 2 N–H and O–H groups in total. The van der Waals surface area contributed by atoms with E-state index in [4.69, 9.17) is 5.73 Å². The lowest BCUT2D eigenvalue weighted by atomic mass is 10.1. The number of nitrogen functional groups attached to an aromatic ring is 1.